The minimum Gasteiger partial charge on any atom is -0.481 e. The Balaban J connectivity index is 1.06. The van der Waals surface area contributed by atoms with Crippen molar-refractivity contribution in [1.82, 2.24) is 20.2 Å². The number of hydrogen-bond donors (Lipinski definition) is 2. The predicted molar refractivity (Wildman–Crippen MR) is 203 cm³/mol. The number of nitrogens with zero attached hydrogens (tertiary/aromatic N) is 3. The maximum Gasteiger partial charge on any atom is 0.310 e. The summed E-state index contributed by atoms with van der Waals surface area (Å²) in [6.07, 6.45) is 18.6. The van der Waals surface area contributed by atoms with E-state index in [0.717, 1.165) is 45.7 Å². The molecule has 0 bridgehead atoms. The Hall–Kier alpha value is -3.85. The van der Waals surface area contributed by atoms with Gasteiger partial charge in [-0.25, -0.2) is 9.97 Å². The van der Waals surface area contributed by atoms with Gasteiger partial charge in [-0.3, -0.25) is 14.4 Å². The highest BCUT2D eigenvalue weighted by molar-refractivity contribution is 7.14. The van der Waals surface area contributed by atoms with Crippen molar-refractivity contribution < 1.29 is 19.5 Å². The molecule has 3 heterocycles. The first-order valence-corrected chi connectivity index (χ1v) is 19.8. The number of carbonyl (C=O) groups is 3. The van der Waals surface area contributed by atoms with Gasteiger partial charge >= 0.3 is 5.97 Å². The largest absolute Gasteiger partial charge is 0.481 e. The van der Waals surface area contributed by atoms with Crippen LogP contribution in [0.1, 0.15) is 111 Å². The lowest BCUT2D eigenvalue weighted by atomic mass is 9.70. The Kier molecular flexibility index (Phi) is 11.7. The van der Waals surface area contributed by atoms with Crippen molar-refractivity contribution in [1.29, 1.82) is 0 Å². The fraction of sp³-hybridized carbons (Fsp3) is 0.548. The quantitative estimate of drug-likeness (QED) is 0.195. The van der Waals surface area contributed by atoms with E-state index in [1.54, 1.807) is 4.90 Å². The lowest BCUT2D eigenvalue weighted by Crippen LogP contribution is -2.56. The molecular formula is C42H54N4O4S. The Labute approximate surface area is 307 Å². The van der Waals surface area contributed by atoms with Gasteiger partial charge in [0.05, 0.1) is 16.7 Å². The summed E-state index contributed by atoms with van der Waals surface area (Å²) >= 11 is 1.46. The summed E-state index contributed by atoms with van der Waals surface area (Å²) < 4.78 is 0. The molecule has 2 amide bonds. The third-order valence-electron chi connectivity index (χ3n) is 11.4. The number of carboxylic acids is 1. The number of nitrogens with one attached hydrogen (secondary N) is 1. The van der Waals surface area contributed by atoms with Crippen LogP contribution in [0.3, 0.4) is 0 Å². The average molecular weight is 711 g/mol. The third-order valence-corrected chi connectivity index (χ3v) is 12.9. The number of rotatable bonds is 12. The summed E-state index contributed by atoms with van der Waals surface area (Å²) in [7, 11) is 0. The molecule has 3 aliphatic rings. The number of amides is 2. The molecule has 6 rings (SSSR count). The van der Waals surface area contributed by atoms with Crippen molar-refractivity contribution in [3.8, 4) is 11.4 Å². The number of benzene rings is 1. The van der Waals surface area contributed by atoms with Crippen LogP contribution in [-0.2, 0) is 21.4 Å². The molecule has 2 N–H and O–H groups in total. The van der Waals surface area contributed by atoms with E-state index in [4.69, 9.17) is 9.97 Å². The Morgan fingerprint density at radius 1 is 0.941 bits per heavy atom. The van der Waals surface area contributed by atoms with Gasteiger partial charge in [-0.15, -0.1) is 11.3 Å². The molecule has 2 aliphatic carbocycles. The van der Waals surface area contributed by atoms with Crippen molar-refractivity contribution >= 4 is 34.7 Å². The molecule has 2 atom stereocenters. The molecule has 0 radical (unpaired) electrons. The van der Waals surface area contributed by atoms with Gasteiger partial charge in [0.25, 0.3) is 5.91 Å². The first-order chi connectivity index (χ1) is 24.5. The summed E-state index contributed by atoms with van der Waals surface area (Å²) in [4.78, 5) is 50.8. The number of thiophene rings is 1. The Bertz CT molecular complexity index is 1690. The van der Waals surface area contributed by atoms with Gasteiger partial charge in [-0.1, -0.05) is 83.7 Å². The highest BCUT2D eigenvalue weighted by Gasteiger charge is 2.38. The third kappa shape index (κ3) is 9.15. The van der Waals surface area contributed by atoms with Gasteiger partial charge in [0.15, 0.2) is 5.82 Å². The standard InChI is InChI=1S/C42H54N4O4S/c1-5-6-27-7-11-29(12-8-27)30-15-17-31(18-16-30)34-23-43-38(44-24-34)32-13-9-28(10-14-32)21-33(40(48)46-25-35(26-46)41(49)50)22-45-39(47)36-19-20-37(51-36)42(2,3)4/h9-10,13-14,17,19-20,23-24,27,29-30,33,35H,5-8,11-12,15-16,18,21-22,25-26H2,1-4H3,(H,45,47)(H,49,50). The van der Waals surface area contributed by atoms with E-state index in [2.05, 4.69) is 39.1 Å². The zero-order valence-electron chi connectivity index (χ0n) is 30.7. The highest BCUT2D eigenvalue weighted by Crippen LogP contribution is 2.42. The van der Waals surface area contributed by atoms with Crippen LogP contribution in [0.25, 0.3) is 17.0 Å². The number of aromatic nitrogens is 2. The number of hydrogen-bond acceptors (Lipinski definition) is 6. The first kappa shape index (κ1) is 36.9. The van der Waals surface area contributed by atoms with E-state index >= 15 is 0 Å². The molecule has 1 saturated heterocycles. The van der Waals surface area contributed by atoms with Gasteiger partial charge in [0, 0.05) is 48.0 Å². The molecule has 1 aliphatic heterocycles. The SMILES string of the molecule is CCCC1CCC(C2CC=C(c3cnc(-c4ccc(CC(CNC(=O)c5ccc(C(C)(C)C)s5)C(=O)N5CC(C(=O)O)C5)cc4)nc3)CC2)CC1. The first-order valence-electron chi connectivity index (χ1n) is 19.0. The lowest BCUT2D eigenvalue weighted by molar-refractivity contribution is -0.154. The van der Waals surface area contributed by atoms with E-state index in [1.165, 1.54) is 68.3 Å². The van der Waals surface area contributed by atoms with E-state index in [-0.39, 0.29) is 36.9 Å². The molecule has 8 nitrogen and oxygen atoms in total. The number of carboxylic acid groups (broad SMARTS) is 1. The van der Waals surface area contributed by atoms with Crippen molar-refractivity contribution in [2.24, 2.45) is 29.6 Å². The van der Waals surface area contributed by atoms with E-state index in [1.807, 2.05) is 48.8 Å². The molecule has 51 heavy (non-hydrogen) atoms. The fourth-order valence-corrected chi connectivity index (χ4v) is 9.08. The topological polar surface area (TPSA) is 112 Å². The van der Waals surface area contributed by atoms with Crippen LogP contribution in [-0.4, -0.2) is 57.4 Å². The van der Waals surface area contributed by atoms with Gasteiger partial charge < -0.3 is 15.3 Å². The minimum absolute atomic E-state index is 0.0529. The van der Waals surface area contributed by atoms with Gasteiger partial charge in [0.1, 0.15) is 0 Å². The van der Waals surface area contributed by atoms with Crippen molar-refractivity contribution in [3.63, 3.8) is 0 Å². The summed E-state index contributed by atoms with van der Waals surface area (Å²) in [5.41, 5.74) is 4.27. The smallest absolute Gasteiger partial charge is 0.310 e. The molecule has 1 saturated carbocycles. The maximum atomic E-state index is 13.5. The zero-order valence-corrected chi connectivity index (χ0v) is 31.5. The maximum absolute atomic E-state index is 13.5. The number of likely N-dealkylation sites (tertiary alicyclic amines) is 1. The van der Waals surface area contributed by atoms with Crippen LogP contribution in [0.4, 0.5) is 0 Å². The van der Waals surface area contributed by atoms with Crippen LogP contribution < -0.4 is 5.32 Å². The second-order valence-electron chi connectivity index (χ2n) is 16.1. The Morgan fingerprint density at radius 2 is 1.65 bits per heavy atom. The van der Waals surface area contributed by atoms with Crippen molar-refractivity contribution in [2.45, 2.75) is 97.3 Å². The van der Waals surface area contributed by atoms with Gasteiger partial charge in [-0.05, 0) is 85.0 Å². The summed E-state index contributed by atoms with van der Waals surface area (Å²) in [5, 5.41) is 12.3. The van der Waals surface area contributed by atoms with Gasteiger partial charge in [0.2, 0.25) is 5.91 Å². The molecule has 9 heteroatoms. The van der Waals surface area contributed by atoms with Crippen LogP contribution in [0, 0.1) is 29.6 Å². The van der Waals surface area contributed by atoms with Crippen molar-refractivity contribution in [2.75, 3.05) is 19.6 Å². The lowest BCUT2D eigenvalue weighted by Gasteiger charge is -2.39. The van der Waals surface area contributed by atoms with Crippen LogP contribution >= 0.6 is 11.3 Å². The molecular weight excluding hydrogens is 657 g/mol. The molecule has 2 aromatic heterocycles. The van der Waals surface area contributed by atoms with Crippen LogP contribution in [0.5, 0.6) is 0 Å². The zero-order chi connectivity index (χ0) is 36.1. The molecule has 272 valence electrons. The monoisotopic (exact) mass is 710 g/mol. The number of allylic oxidation sites excluding steroid dienone is 2. The molecule has 3 aromatic rings. The second kappa shape index (κ2) is 16.2. The number of aliphatic carboxylic acids is 1. The summed E-state index contributed by atoms with van der Waals surface area (Å²) in [6.45, 7) is 9.21. The average Bonchev–Trinajstić information content (AvgIpc) is 3.62. The molecule has 2 unspecified atom stereocenters. The van der Waals surface area contributed by atoms with E-state index in [0.29, 0.717) is 17.1 Å². The fourth-order valence-electron chi connectivity index (χ4n) is 8.10. The van der Waals surface area contributed by atoms with E-state index < -0.39 is 17.8 Å². The van der Waals surface area contributed by atoms with Gasteiger partial charge in [-0.2, -0.15) is 0 Å². The van der Waals surface area contributed by atoms with Crippen LogP contribution in [0.15, 0.2) is 54.9 Å². The normalized spacial score (nSPS) is 21.8. The minimum atomic E-state index is -0.888. The van der Waals surface area contributed by atoms with Crippen molar-refractivity contribution in [3.05, 3.63) is 75.7 Å². The number of carbonyl (C=O) groups excluding carboxylic acids is 2. The molecule has 1 aromatic carbocycles. The Morgan fingerprint density at radius 3 is 2.24 bits per heavy atom. The molecule has 2 fully saturated rings. The van der Waals surface area contributed by atoms with E-state index in [9.17, 15) is 19.5 Å². The predicted octanol–water partition coefficient (Wildman–Crippen LogP) is 8.42. The van der Waals surface area contributed by atoms with Crippen LogP contribution in [0.2, 0.25) is 0 Å². The highest BCUT2D eigenvalue weighted by atomic mass is 32.1. The second-order valence-corrected chi connectivity index (χ2v) is 17.2. The molecule has 0 spiro atoms. The summed E-state index contributed by atoms with van der Waals surface area (Å²) in [5.74, 6) is 1.03. The summed E-state index contributed by atoms with van der Waals surface area (Å²) in [6, 6.07) is 11.7.